The van der Waals surface area contributed by atoms with E-state index in [1.165, 1.54) is 0 Å². The predicted octanol–water partition coefficient (Wildman–Crippen LogP) is 0.263. The Morgan fingerprint density at radius 1 is 1.78 bits per heavy atom. The molecule has 54 valence electrons. The summed E-state index contributed by atoms with van der Waals surface area (Å²) in [5.74, 6) is 5.17. The second kappa shape index (κ2) is 5.75. The van der Waals surface area contributed by atoms with Crippen LogP contribution < -0.4 is 11.4 Å². The van der Waals surface area contributed by atoms with E-state index in [0.717, 1.165) is 19.5 Å². The third-order valence-electron chi connectivity index (χ3n) is 1.03. The molecule has 3 nitrogen and oxygen atoms in total. The summed E-state index contributed by atoms with van der Waals surface area (Å²) >= 11 is 0. The molecular weight excluding hydrogens is 114 g/mol. The van der Waals surface area contributed by atoms with E-state index in [0.29, 0.717) is 0 Å². The monoisotopic (exact) mass is 129 g/mol. The zero-order valence-electron chi connectivity index (χ0n) is 5.93. The molecule has 0 radical (unpaired) electrons. The van der Waals surface area contributed by atoms with Crippen molar-refractivity contribution >= 4 is 0 Å². The van der Waals surface area contributed by atoms with Crippen LogP contribution in [-0.2, 0) is 0 Å². The fourth-order valence-electron chi connectivity index (χ4n) is 0.634. The van der Waals surface area contributed by atoms with Gasteiger partial charge in [0.15, 0.2) is 0 Å². The van der Waals surface area contributed by atoms with Crippen LogP contribution in [-0.4, -0.2) is 18.1 Å². The molecule has 9 heavy (non-hydrogen) atoms. The molecule has 0 atom stereocenters. The highest BCUT2D eigenvalue weighted by Gasteiger charge is 1.94. The number of hydrogen-bond donors (Lipinski definition) is 2. The Hall–Kier alpha value is -0.380. The maximum atomic E-state index is 5.17. The van der Waals surface area contributed by atoms with Crippen LogP contribution in [0.1, 0.15) is 13.3 Å². The zero-order valence-corrected chi connectivity index (χ0v) is 5.93. The van der Waals surface area contributed by atoms with Crippen LogP contribution in [0.3, 0.4) is 0 Å². The standard InChI is InChI=1S/C6H15N3/c1-3-5-9(8-7)6-4-2/h3,8H,1,4-7H2,2H3. The van der Waals surface area contributed by atoms with Gasteiger partial charge in [-0.05, 0) is 6.42 Å². The first kappa shape index (κ1) is 8.62. The van der Waals surface area contributed by atoms with Crippen molar-refractivity contribution < 1.29 is 0 Å². The predicted molar refractivity (Wildman–Crippen MR) is 39.4 cm³/mol. The molecule has 0 aromatic heterocycles. The molecule has 0 aromatic rings. The molecule has 0 bridgehead atoms. The van der Waals surface area contributed by atoms with Gasteiger partial charge in [-0.25, -0.2) is 5.01 Å². The molecule has 0 saturated carbocycles. The normalized spacial score (nSPS) is 10.1. The highest BCUT2D eigenvalue weighted by Crippen LogP contribution is 1.83. The first-order valence-electron chi connectivity index (χ1n) is 3.17. The molecule has 0 rings (SSSR count). The van der Waals surface area contributed by atoms with E-state index in [1.807, 2.05) is 11.1 Å². The SMILES string of the molecule is C=CCN(CCC)NN. The maximum Gasteiger partial charge on any atom is 0.0322 e. The van der Waals surface area contributed by atoms with Crippen molar-refractivity contribution in [1.29, 1.82) is 0 Å². The van der Waals surface area contributed by atoms with Gasteiger partial charge in [0.05, 0.1) is 0 Å². The average Bonchev–Trinajstić information content (AvgIpc) is 1.88. The summed E-state index contributed by atoms with van der Waals surface area (Å²) in [6.07, 6.45) is 2.91. The molecule has 0 aromatic carbocycles. The molecule has 0 unspecified atom stereocenters. The van der Waals surface area contributed by atoms with Crippen molar-refractivity contribution in [3.63, 3.8) is 0 Å². The minimum absolute atomic E-state index is 0.796. The van der Waals surface area contributed by atoms with Crippen LogP contribution in [0, 0.1) is 0 Å². The Labute approximate surface area is 56.5 Å². The fourth-order valence-corrected chi connectivity index (χ4v) is 0.634. The van der Waals surface area contributed by atoms with E-state index >= 15 is 0 Å². The van der Waals surface area contributed by atoms with Crippen LogP contribution in [0.15, 0.2) is 12.7 Å². The van der Waals surface area contributed by atoms with Gasteiger partial charge in [0, 0.05) is 13.1 Å². The van der Waals surface area contributed by atoms with Gasteiger partial charge in [-0.1, -0.05) is 13.0 Å². The smallest absolute Gasteiger partial charge is 0.0322 e. The molecule has 0 aliphatic heterocycles. The van der Waals surface area contributed by atoms with Gasteiger partial charge in [-0.3, -0.25) is 5.84 Å². The number of rotatable bonds is 5. The van der Waals surface area contributed by atoms with Gasteiger partial charge in [-0.15, -0.1) is 6.58 Å². The summed E-state index contributed by atoms with van der Waals surface area (Å²) in [6, 6.07) is 0. The van der Waals surface area contributed by atoms with Gasteiger partial charge in [0.2, 0.25) is 0 Å². The van der Waals surface area contributed by atoms with Crippen molar-refractivity contribution in [2.45, 2.75) is 13.3 Å². The largest absolute Gasteiger partial charge is 0.258 e. The van der Waals surface area contributed by atoms with Gasteiger partial charge < -0.3 is 0 Å². The second-order valence-electron chi connectivity index (χ2n) is 1.86. The minimum atomic E-state index is 0.796. The van der Waals surface area contributed by atoms with E-state index in [1.54, 1.807) is 0 Å². The summed E-state index contributed by atoms with van der Waals surface area (Å²) in [5.41, 5.74) is 2.57. The van der Waals surface area contributed by atoms with Crippen LogP contribution >= 0.6 is 0 Å². The average molecular weight is 129 g/mol. The fraction of sp³-hybridized carbons (Fsp3) is 0.667. The van der Waals surface area contributed by atoms with Crippen molar-refractivity contribution in [1.82, 2.24) is 10.5 Å². The lowest BCUT2D eigenvalue weighted by molar-refractivity contribution is 0.212. The molecule has 3 heteroatoms. The van der Waals surface area contributed by atoms with Gasteiger partial charge in [0.25, 0.3) is 0 Å². The van der Waals surface area contributed by atoms with Crippen molar-refractivity contribution in [3.05, 3.63) is 12.7 Å². The highest BCUT2D eigenvalue weighted by molar-refractivity contribution is 4.69. The molecule has 0 amide bonds. The highest BCUT2D eigenvalue weighted by atomic mass is 15.6. The maximum absolute atomic E-state index is 5.17. The van der Waals surface area contributed by atoms with Gasteiger partial charge in [-0.2, -0.15) is 5.53 Å². The second-order valence-corrected chi connectivity index (χ2v) is 1.86. The quantitative estimate of drug-likeness (QED) is 0.318. The van der Waals surface area contributed by atoms with Crippen LogP contribution in [0.5, 0.6) is 0 Å². The zero-order chi connectivity index (χ0) is 7.11. The Morgan fingerprint density at radius 3 is 2.78 bits per heavy atom. The molecule has 0 saturated heterocycles. The summed E-state index contributed by atoms with van der Waals surface area (Å²) in [5, 5.41) is 1.90. The number of hydrogen-bond acceptors (Lipinski definition) is 3. The Balaban J connectivity index is 3.28. The number of nitrogens with one attached hydrogen (secondary N) is 1. The molecular formula is C6H15N3. The van der Waals surface area contributed by atoms with E-state index in [-0.39, 0.29) is 0 Å². The molecule has 0 aliphatic carbocycles. The Bertz CT molecular complexity index is 72.7. The lowest BCUT2D eigenvalue weighted by Gasteiger charge is -2.16. The summed E-state index contributed by atoms with van der Waals surface area (Å²) in [4.78, 5) is 0. The lowest BCUT2D eigenvalue weighted by Crippen LogP contribution is -2.43. The van der Waals surface area contributed by atoms with Crippen LogP contribution in [0.2, 0.25) is 0 Å². The van der Waals surface area contributed by atoms with Crippen LogP contribution in [0.4, 0.5) is 0 Å². The Morgan fingerprint density at radius 2 is 2.44 bits per heavy atom. The molecule has 3 N–H and O–H groups in total. The van der Waals surface area contributed by atoms with E-state index in [2.05, 4.69) is 19.0 Å². The Kier molecular flexibility index (Phi) is 5.51. The summed E-state index contributed by atoms with van der Waals surface area (Å²) in [7, 11) is 0. The third-order valence-corrected chi connectivity index (χ3v) is 1.03. The van der Waals surface area contributed by atoms with Gasteiger partial charge in [0.1, 0.15) is 0 Å². The molecule has 0 heterocycles. The number of hydrazine groups is 2. The summed E-state index contributed by atoms with van der Waals surface area (Å²) < 4.78 is 0. The van der Waals surface area contributed by atoms with Crippen molar-refractivity contribution in [2.75, 3.05) is 13.1 Å². The van der Waals surface area contributed by atoms with E-state index in [4.69, 9.17) is 5.84 Å². The lowest BCUT2D eigenvalue weighted by atomic mass is 10.4. The van der Waals surface area contributed by atoms with Crippen LogP contribution in [0.25, 0.3) is 0 Å². The summed E-state index contributed by atoms with van der Waals surface area (Å²) in [6.45, 7) is 7.45. The first-order valence-corrected chi connectivity index (χ1v) is 3.17. The van der Waals surface area contributed by atoms with Crippen molar-refractivity contribution in [3.8, 4) is 0 Å². The molecule has 0 spiro atoms. The van der Waals surface area contributed by atoms with E-state index < -0.39 is 0 Å². The van der Waals surface area contributed by atoms with E-state index in [9.17, 15) is 0 Å². The van der Waals surface area contributed by atoms with Crippen molar-refractivity contribution in [2.24, 2.45) is 5.84 Å². The number of nitrogens with zero attached hydrogens (tertiary/aromatic N) is 1. The number of nitrogens with two attached hydrogens (primary N) is 1. The van der Waals surface area contributed by atoms with Gasteiger partial charge >= 0.3 is 0 Å². The first-order chi connectivity index (χ1) is 4.35. The topological polar surface area (TPSA) is 41.3 Å². The third kappa shape index (κ3) is 4.14. The minimum Gasteiger partial charge on any atom is -0.258 e. The molecule has 0 fully saturated rings. The molecule has 0 aliphatic rings.